The molecule has 0 bridgehead atoms. The summed E-state index contributed by atoms with van der Waals surface area (Å²) in [5.41, 5.74) is 3.02. The molecule has 1 amide bonds. The van der Waals surface area contributed by atoms with Gasteiger partial charge in [0.15, 0.2) is 0 Å². The summed E-state index contributed by atoms with van der Waals surface area (Å²) in [6.45, 7) is 0.670. The predicted octanol–water partition coefficient (Wildman–Crippen LogP) is 5.85. The summed E-state index contributed by atoms with van der Waals surface area (Å²) in [7, 11) is 0. The molecular weight excluding hydrogens is 346 g/mol. The Bertz CT molecular complexity index is 751. The van der Waals surface area contributed by atoms with E-state index in [4.69, 9.17) is 4.74 Å². The van der Waals surface area contributed by atoms with Gasteiger partial charge in [-0.3, -0.25) is 0 Å². The standard InChI is InChI=1S/C25H31NO2/c27-24(26-19-7-10-20-8-3-1-4-9-20)28-23-15-18-25(23)16-13-22(14-17-25)21-11-5-2-6-12-21/h1-6,8-9,11-12,22-23H,7,10,13-19H2,(H,26,27). The molecule has 1 N–H and O–H groups in total. The molecule has 0 aromatic heterocycles. The van der Waals surface area contributed by atoms with Crippen LogP contribution in [-0.4, -0.2) is 18.7 Å². The van der Waals surface area contributed by atoms with Crippen molar-refractivity contribution in [2.75, 3.05) is 6.54 Å². The van der Waals surface area contributed by atoms with Gasteiger partial charge in [0, 0.05) is 12.0 Å². The van der Waals surface area contributed by atoms with Crippen molar-refractivity contribution < 1.29 is 9.53 Å². The van der Waals surface area contributed by atoms with Crippen LogP contribution in [-0.2, 0) is 11.2 Å². The second-order valence-corrected chi connectivity index (χ2v) is 8.50. The smallest absolute Gasteiger partial charge is 0.407 e. The van der Waals surface area contributed by atoms with E-state index in [0.717, 1.165) is 19.3 Å². The van der Waals surface area contributed by atoms with Gasteiger partial charge in [-0.25, -0.2) is 4.79 Å². The van der Waals surface area contributed by atoms with Crippen LogP contribution in [0.5, 0.6) is 0 Å². The first-order valence-corrected chi connectivity index (χ1v) is 10.8. The van der Waals surface area contributed by atoms with Crippen LogP contribution in [0.1, 0.15) is 62.0 Å². The molecule has 2 aromatic carbocycles. The van der Waals surface area contributed by atoms with Crippen molar-refractivity contribution in [2.45, 2.75) is 63.4 Å². The minimum absolute atomic E-state index is 0.110. The van der Waals surface area contributed by atoms with E-state index in [1.807, 2.05) is 6.07 Å². The largest absolute Gasteiger partial charge is 0.446 e. The molecule has 4 rings (SSSR count). The molecule has 0 saturated heterocycles. The van der Waals surface area contributed by atoms with Gasteiger partial charge in [0.2, 0.25) is 0 Å². The first-order valence-electron chi connectivity index (χ1n) is 10.8. The van der Waals surface area contributed by atoms with E-state index in [-0.39, 0.29) is 17.6 Å². The van der Waals surface area contributed by atoms with Crippen molar-refractivity contribution in [2.24, 2.45) is 5.41 Å². The second-order valence-electron chi connectivity index (χ2n) is 8.50. The second kappa shape index (κ2) is 8.81. The van der Waals surface area contributed by atoms with E-state index in [1.165, 1.54) is 43.2 Å². The Morgan fingerprint density at radius 3 is 2.21 bits per heavy atom. The van der Waals surface area contributed by atoms with E-state index >= 15 is 0 Å². The van der Waals surface area contributed by atoms with Gasteiger partial charge < -0.3 is 10.1 Å². The van der Waals surface area contributed by atoms with Gasteiger partial charge in [0.05, 0.1) is 0 Å². The third-order valence-electron chi connectivity index (χ3n) is 6.84. The monoisotopic (exact) mass is 377 g/mol. The molecule has 0 heterocycles. The number of alkyl carbamates (subject to hydrolysis) is 1. The van der Waals surface area contributed by atoms with Crippen LogP contribution in [0.4, 0.5) is 4.79 Å². The van der Waals surface area contributed by atoms with Crippen LogP contribution in [0.3, 0.4) is 0 Å². The quantitative estimate of drug-likeness (QED) is 0.641. The van der Waals surface area contributed by atoms with E-state index in [1.54, 1.807) is 0 Å². The molecule has 2 saturated carbocycles. The number of carbonyl (C=O) groups is 1. The molecule has 0 radical (unpaired) electrons. The summed E-state index contributed by atoms with van der Waals surface area (Å²) < 4.78 is 5.82. The minimum atomic E-state index is -0.234. The number of carbonyl (C=O) groups excluding carboxylic acids is 1. The van der Waals surface area contributed by atoms with Crippen LogP contribution < -0.4 is 5.32 Å². The van der Waals surface area contributed by atoms with Crippen molar-refractivity contribution in [1.82, 2.24) is 5.32 Å². The van der Waals surface area contributed by atoms with Crippen LogP contribution >= 0.6 is 0 Å². The predicted molar refractivity (Wildman–Crippen MR) is 112 cm³/mol. The summed E-state index contributed by atoms with van der Waals surface area (Å²) in [5, 5.41) is 2.95. The highest BCUT2D eigenvalue weighted by Crippen LogP contribution is 2.55. The maximum atomic E-state index is 12.2. The maximum absolute atomic E-state index is 12.2. The molecule has 2 fully saturated rings. The topological polar surface area (TPSA) is 38.3 Å². The number of hydrogen-bond donors (Lipinski definition) is 1. The molecular formula is C25H31NO2. The van der Waals surface area contributed by atoms with Gasteiger partial charge in [-0.2, -0.15) is 0 Å². The molecule has 148 valence electrons. The molecule has 2 aliphatic rings. The summed E-state index contributed by atoms with van der Waals surface area (Å²) in [6, 6.07) is 21.3. The van der Waals surface area contributed by atoms with E-state index in [9.17, 15) is 4.79 Å². The lowest BCUT2D eigenvalue weighted by Crippen LogP contribution is -2.50. The number of nitrogens with one attached hydrogen (secondary N) is 1. The molecule has 28 heavy (non-hydrogen) atoms. The SMILES string of the molecule is O=C(NCCCc1ccccc1)OC1CCC12CCC(c1ccccc1)CC2. The van der Waals surface area contributed by atoms with Crippen LogP contribution in [0.25, 0.3) is 0 Å². The number of rotatable bonds is 6. The summed E-state index contributed by atoms with van der Waals surface area (Å²) in [5.74, 6) is 0.667. The molecule has 2 aromatic rings. The molecule has 2 aliphatic carbocycles. The Morgan fingerprint density at radius 1 is 0.929 bits per heavy atom. The average Bonchev–Trinajstić information content (AvgIpc) is 2.76. The first-order chi connectivity index (χ1) is 13.8. The van der Waals surface area contributed by atoms with Gasteiger partial charge in [-0.15, -0.1) is 0 Å². The van der Waals surface area contributed by atoms with Gasteiger partial charge in [0.25, 0.3) is 0 Å². The highest BCUT2D eigenvalue weighted by molar-refractivity contribution is 5.67. The summed E-state index contributed by atoms with van der Waals surface area (Å²) in [6.07, 6.45) is 8.81. The third-order valence-corrected chi connectivity index (χ3v) is 6.84. The number of aryl methyl sites for hydroxylation is 1. The van der Waals surface area contributed by atoms with Crippen molar-refractivity contribution >= 4 is 6.09 Å². The zero-order valence-electron chi connectivity index (χ0n) is 16.6. The van der Waals surface area contributed by atoms with Crippen molar-refractivity contribution in [3.8, 4) is 0 Å². The fraction of sp³-hybridized carbons (Fsp3) is 0.480. The maximum Gasteiger partial charge on any atom is 0.407 e. The lowest BCUT2D eigenvalue weighted by molar-refractivity contribution is -0.0947. The summed E-state index contributed by atoms with van der Waals surface area (Å²) >= 11 is 0. The lowest BCUT2D eigenvalue weighted by Gasteiger charge is -2.52. The molecule has 1 spiro atoms. The van der Waals surface area contributed by atoms with Crippen LogP contribution in [0, 0.1) is 5.41 Å². The molecule has 1 unspecified atom stereocenters. The van der Waals surface area contributed by atoms with Gasteiger partial charge in [-0.05, 0) is 68.4 Å². The fourth-order valence-electron chi connectivity index (χ4n) is 4.98. The highest BCUT2D eigenvalue weighted by Gasteiger charge is 2.50. The van der Waals surface area contributed by atoms with Crippen LogP contribution in [0.15, 0.2) is 60.7 Å². The van der Waals surface area contributed by atoms with Crippen molar-refractivity contribution in [3.05, 3.63) is 71.8 Å². The Hall–Kier alpha value is -2.29. The molecule has 1 atom stereocenters. The van der Waals surface area contributed by atoms with E-state index < -0.39 is 0 Å². The molecule has 3 nitrogen and oxygen atoms in total. The Labute approximate surface area is 168 Å². The fourth-order valence-corrected chi connectivity index (χ4v) is 4.98. The van der Waals surface area contributed by atoms with Crippen molar-refractivity contribution in [3.63, 3.8) is 0 Å². The average molecular weight is 378 g/mol. The van der Waals surface area contributed by atoms with Gasteiger partial charge >= 0.3 is 6.09 Å². The number of hydrogen-bond acceptors (Lipinski definition) is 2. The number of ether oxygens (including phenoxy) is 1. The van der Waals surface area contributed by atoms with Crippen molar-refractivity contribution in [1.29, 1.82) is 0 Å². The van der Waals surface area contributed by atoms with Gasteiger partial charge in [-0.1, -0.05) is 60.7 Å². The number of amides is 1. The van der Waals surface area contributed by atoms with E-state index in [0.29, 0.717) is 12.5 Å². The Morgan fingerprint density at radius 2 is 1.57 bits per heavy atom. The number of benzene rings is 2. The normalized spacial score (nSPS) is 26.4. The first kappa shape index (κ1) is 19.0. The lowest BCUT2D eigenvalue weighted by atomic mass is 9.56. The zero-order valence-corrected chi connectivity index (χ0v) is 16.6. The zero-order chi connectivity index (χ0) is 19.2. The van der Waals surface area contributed by atoms with E-state index in [2.05, 4.69) is 59.9 Å². The molecule has 0 aliphatic heterocycles. The van der Waals surface area contributed by atoms with Gasteiger partial charge in [0.1, 0.15) is 6.10 Å². The molecule has 3 heteroatoms. The third kappa shape index (κ3) is 4.40. The summed E-state index contributed by atoms with van der Waals surface area (Å²) in [4.78, 5) is 12.2. The Balaban J connectivity index is 1.19. The van der Waals surface area contributed by atoms with Crippen LogP contribution in [0.2, 0.25) is 0 Å². The Kier molecular flexibility index (Phi) is 5.99. The minimum Gasteiger partial charge on any atom is -0.446 e. The highest BCUT2D eigenvalue weighted by atomic mass is 16.6.